The highest BCUT2D eigenvalue weighted by atomic mass is 35.5. The molecule has 2 rings (SSSR count). The highest BCUT2D eigenvalue weighted by Gasteiger charge is 2.15. The van der Waals surface area contributed by atoms with Crippen LogP contribution in [0.1, 0.15) is 24.1 Å². The fourth-order valence-corrected chi connectivity index (χ4v) is 2.47. The molecule has 106 valence electrons. The lowest BCUT2D eigenvalue weighted by Gasteiger charge is -2.29. The molecule has 0 aliphatic heterocycles. The van der Waals surface area contributed by atoms with Crippen molar-refractivity contribution in [2.75, 3.05) is 19.0 Å². The Bertz CT molecular complexity index is 571. The summed E-state index contributed by atoms with van der Waals surface area (Å²) in [6.45, 7) is 2.99. The lowest BCUT2D eigenvalue weighted by Crippen LogP contribution is -2.24. The Balaban J connectivity index is 2.28. The highest BCUT2D eigenvalue weighted by Crippen LogP contribution is 2.28. The quantitative estimate of drug-likeness (QED) is 0.911. The number of rotatable bonds is 5. The minimum atomic E-state index is 0.230. The van der Waals surface area contributed by atoms with Crippen molar-refractivity contribution in [2.24, 2.45) is 0 Å². The topological polar surface area (TPSA) is 28.2 Å². The summed E-state index contributed by atoms with van der Waals surface area (Å²) in [7, 11) is 4.03. The molecule has 0 bridgehead atoms. The van der Waals surface area contributed by atoms with Gasteiger partial charge in [0.15, 0.2) is 0 Å². The van der Waals surface area contributed by atoms with Gasteiger partial charge in [-0.3, -0.25) is 4.98 Å². The number of pyridine rings is 1. The predicted molar refractivity (Wildman–Crippen MR) is 85.3 cm³/mol. The fourth-order valence-electron chi connectivity index (χ4n) is 2.27. The fraction of sp³-hybridized carbons (Fsp3) is 0.312. The van der Waals surface area contributed by atoms with E-state index < -0.39 is 0 Å². The molecule has 0 saturated carbocycles. The minimum Gasteiger partial charge on any atom is -0.366 e. The number of aromatic nitrogens is 1. The zero-order chi connectivity index (χ0) is 14.5. The zero-order valence-corrected chi connectivity index (χ0v) is 12.9. The van der Waals surface area contributed by atoms with Gasteiger partial charge in [0.05, 0.1) is 17.9 Å². The van der Waals surface area contributed by atoms with Gasteiger partial charge in [-0.25, -0.2) is 0 Å². The van der Waals surface area contributed by atoms with Gasteiger partial charge >= 0.3 is 0 Å². The van der Waals surface area contributed by atoms with E-state index in [0.29, 0.717) is 0 Å². The third-order valence-electron chi connectivity index (χ3n) is 3.55. The number of benzene rings is 1. The van der Waals surface area contributed by atoms with Crippen molar-refractivity contribution in [1.82, 2.24) is 10.3 Å². The number of hydrogen-bond donors (Lipinski definition) is 1. The third kappa shape index (κ3) is 3.30. The molecule has 20 heavy (non-hydrogen) atoms. The first-order valence-corrected chi connectivity index (χ1v) is 7.07. The molecule has 0 spiro atoms. The molecular weight excluding hydrogens is 270 g/mol. The summed E-state index contributed by atoms with van der Waals surface area (Å²) in [6.07, 6.45) is 3.74. The van der Waals surface area contributed by atoms with Gasteiger partial charge in [-0.1, -0.05) is 23.7 Å². The summed E-state index contributed by atoms with van der Waals surface area (Å²) in [5, 5.41) is 3.96. The van der Waals surface area contributed by atoms with Gasteiger partial charge < -0.3 is 10.2 Å². The molecule has 0 saturated heterocycles. The number of hydrogen-bond acceptors (Lipinski definition) is 3. The van der Waals surface area contributed by atoms with Crippen LogP contribution in [-0.2, 0) is 6.54 Å². The molecule has 1 heterocycles. The van der Waals surface area contributed by atoms with Crippen LogP contribution in [0.25, 0.3) is 0 Å². The summed E-state index contributed by atoms with van der Waals surface area (Å²) in [6, 6.07) is 10.3. The minimum absolute atomic E-state index is 0.230. The van der Waals surface area contributed by atoms with Crippen LogP contribution in [0.3, 0.4) is 0 Å². The molecule has 1 N–H and O–H groups in total. The SMILES string of the molecule is CNCc1ccncc1N(C)C(C)c1cccc(Cl)c1. The zero-order valence-electron chi connectivity index (χ0n) is 12.1. The van der Waals surface area contributed by atoms with E-state index in [4.69, 9.17) is 11.6 Å². The van der Waals surface area contributed by atoms with Gasteiger partial charge in [0.1, 0.15) is 0 Å². The monoisotopic (exact) mass is 289 g/mol. The largest absolute Gasteiger partial charge is 0.366 e. The van der Waals surface area contributed by atoms with Crippen molar-refractivity contribution in [3.8, 4) is 0 Å². The van der Waals surface area contributed by atoms with Crippen LogP contribution in [0.4, 0.5) is 5.69 Å². The highest BCUT2D eigenvalue weighted by molar-refractivity contribution is 6.30. The first-order valence-electron chi connectivity index (χ1n) is 6.69. The van der Waals surface area contributed by atoms with Gasteiger partial charge in [0.2, 0.25) is 0 Å². The van der Waals surface area contributed by atoms with E-state index in [-0.39, 0.29) is 6.04 Å². The average Bonchev–Trinajstić information content (AvgIpc) is 2.47. The number of nitrogens with one attached hydrogen (secondary N) is 1. The van der Waals surface area contributed by atoms with Crippen molar-refractivity contribution in [2.45, 2.75) is 19.5 Å². The predicted octanol–water partition coefficient (Wildman–Crippen LogP) is 3.65. The standard InChI is InChI=1S/C16H20ClN3/c1-12(13-5-4-6-15(17)9-13)20(3)16-11-19-8-7-14(16)10-18-2/h4-9,11-12,18H,10H2,1-3H3. The van der Waals surface area contributed by atoms with Crippen LogP contribution in [0.2, 0.25) is 5.02 Å². The molecule has 1 unspecified atom stereocenters. The summed E-state index contributed by atoms with van der Waals surface area (Å²) < 4.78 is 0. The Kier molecular flexibility index (Phi) is 4.99. The molecule has 1 aromatic carbocycles. The number of nitrogens with zero attached hydrogens (tertiary/aromatic N) is 2. The lowest BCUT2D eigenvalue weighted by atomic mass is 10.1. The van der Waals surface area contributed by atoms with Crippen LogP contribution in [0.5, 0.6) is 0 Å². The molecule has 0 amide bonds. The first kappa shape index (κ1) is 14.8. The first-order chi connectivity index (χ1) is 9.63. The Morgan fingerprint density at radius 2 is 2.15 bits per heavy atom. The van der Waals surface area contributed by atoms with Gasteiger partial charge in [-0.2, -0.15) is 0 Å². The van der Waals surface area contributed by atoms with Gasteiger partial charge in [0.25, 0.3) is 0 Å². The van der Waals surface area contributed by atoms with E-state index >= 15 is 0 Å². The van der Waals surface area contributed by atoms with E-state index in [1.807, 2.05) is 43.7 Å². The van der Waals surface area contributed by atoms with Crippen molar-refractivity contribution in [3.05, 3.63) is 58.9 Å². The molecule has 2 aromatic rings. The molecular formula is C16H20ClN3. The molecule has 0 fully saturated rings. The molecule has 3 nitrogen and oxygen atoms in total. The van der Waals surface area contributed by atoms with Gasteiger partial charge in [-0.05, 0) is 43.3 Å². The second-order valence-electron chi connectivity index (χ2n) is 4.88. The average molecular weight is 290 g/mol. The molecule has 0 radical (unpaired) electrons. The van der Waals surface area contributed by atoms with Crippen LogP contribution in [-0.4, -0.2) is 19.1 Å². The second kappa shape index (κ2) is 6.73. The van der Waals surface area contributed by atoms with Crippen molar-refractivity contribution >= 4 is 17.3 Å². The second-order valence-corrected chi connectivity index (χ2v) is 5.31. The molecule has 4 heteroatoms. The molecule has 1 atom stereocenters. The van der Waals surface area contributed by atoms with Gasteiger partial charge in [-0.15, -0.1) is 0 Å². The van der Waals surface area contributed by atoms with E-state index in [0.717, 1.165) is 17.3 Å². The third-order valence-corrected chi connectivity index (χ3v) is 3.78. The summed E-state index contributed by atoms with van der Waals surface area (Å²) in [5.74, 6) is 0. The normalized spacial score (nSPS) is 12.2. The summed E-state index contributed by atoms with van der Waals surface area (Å²) in [5.41, 5.74) is 3.56. The maximum absolute atomic E-state index is 6.08. The van der Waals surface area contributed by atoms with Crippen molar-refractivity contribution in [3.63, 3.8) is 0 Å². The molecule has 1 aromatic heterocycles. The molecule has 0 aliphatic rings. The van der Waals surface area contributed by atoms with Crippen LogP contribution in [0, 0.1) is 0 Å². The van der Waals surface area contributed by atoms with E-state index in [1.165, 1.54) is 11.1 Å². The maximum Gasteiger partial charge on any atom is 0.0600 e. The van der Waals surface area contributed by atoms with E-state index in [2.05, 4.69) is 35.2 Å². The maximum atomic E-state index is 6.08. The van der Waals surface area contributed by atoms with E-state index in [1.54, 1.807) is 0 Å². The van der Waals surface area contributed by atoms with Crippen LogP contribution < -0.4 is 10.2 Å². The number of anilines is 1. The number of halogens is 1. The smallest absolute Gasteiger partial charge is 0.0600 e. The van der Waals surface area contributed by atoms with E-state index in [9.17, 15) is 0 Å². The summed E-state index contributed by atoms with van der Waals surface area (Å²) >= 11 is 6.08. The Morgan fingerprint density at radius 1 is 1.35 bits per heavy atom. The van der Waals surface area contributed by atoms with Crippen LogP contribution in [0.15, 0.2) is 42.7 Å². The Hall–Kier alpha value is -1.58. The lowest BCUT2D eigenvalue weighted by molar-refractivity contribution is 0.724. The van der Waals surface area contributed by atoms with Crippen molar-refractivity contribution < 1.29 is 0 Å². The molecule has 0 aliphatic carbocycles. The Morgan fingerprint density at radius 3 is 2.85 bits per heavy atom. The van der Waals surface area contributed by atoms with Crippen molar-refractivity contribution in [1.29, 1.82) is 0 Å². The Labute approximate surface area is 125 Å². The summed E-state index contributed by atoms with van der Waals surface area (Å²) in [4.78, 5) is 6.47. The van der Waals surface area contributed by atoms with Crippen LogP contribution >= 0.6 is 11.6 Å². The van der Waals surface area contributed by atoms with Gasteiger partial charge in [0, 0.05) is 24.8 Å².